The average molecular weight is 359 g/mol. The van der Waals surface area contributed by atoms with Gasteiger partial charge < -0.3 is 9.64 Å². The predicted molar refractivity (Wildman–Crippen MR) is 99.1 cm³/mol. The van der Waals surface area contributed by atoms with Crippen molar-refractivity contribution in [2.45, 2.75) is 33.3 Å². The summed E-state index contributed by atoms with van der Waals surface area (Å²) in [4.78, 5) is 18.8. The SMILES string of the molecule is Cc1ccc(OCc2cncc(C(=O)N3CCC(C)CC3)c2)cc1Cl. The summed E-state index contributed by atoms with van der Waals surface area (Å²) in [5.74, 6) is 1.46. The Balaban J connectivity index is 1.64. The molecule has 132 valence electrons. The summed E-state index contributed by atoms with van der Waals surface area (Å²) in [6.45, 7) is 6.18. The van der Waals surface area contributed by atoms with Crippen molar-refractivity contribution >= 4 is 17.5 Å². The maximum atomic E-state index is 12.6. The van der Waals surface area contributed by atoms with Crippen LogP contribution in [0.4, 0.5) is 0 Å². The van der Waals surface area contributed by atoms with E-state index in [-0.39, 0.29) is 5.91 Å². The Morgan fingerprint density at radius 3 is 2.76 bits per heavy atom. The lowest BCUT2D eigenvalue weighted by Gasteiger charge is -2.30. The van der Waals surface area contributed by atoms with Gasteiger partial charge >= 0.3 is 0 Å². The number of carbonyl (C=O) groups excluding carboxylic acids is 1. The van der Waals surface area contributed by atoms with Gasteiger partial charge in [-0.1, -0.05) is 24.6 Å². The molecule has 0 saturated carbocycles. The zero-order valence-electron chi connectivity index (χ0n) is 14.7. The smallest absolute Gasteiger partial charge is 0.255 e. The lowest BCUT2D eigenvalue weighted by atomic mass is 9.99. The van der Waals surface area contributed by atoms with Gasteiger partial charge in [0.15, 0.2) is 0 Å². The van der Waals surface area contributed by atoms with Crippen molar-refractivity contribution in [1.29, 1.82) is 0 Å². The molecule has 1 aromatic carbocycles. The molecule has 1 aliphatic heterocycles. The highest BCUT2D eigenvalue weighted by Gasteiger charge is 2.21. The number of nitrogens with zero attached hydrogens (tertiary/aromatic N) is 2. The molecular formula is C20H23ClN2O2. The number of likely N-dealkylation sites (tertiary alicyclic amines) is 1. The average Bonchev–Trinajstić information content (AvgIpc) is 2.63. The van der Waals surface area contributed by atoms with Crippen molar-refractivity contribution in [3.05, 3.63) is 58.4 Å². The predicted octanol–water partition coefficient (Wildman–Crippen LogP) is 4.49. The molecule has 1 saturated heterocycles. The van der Waals surface area contributed by atoms with Gasteiger partial charge in [-0.15, -0.1) is 0 Å². The first-order valence-electron chi connectivity index (χ1n) is 8.65. The quantitative estimate of drug-likeness (QED) is 0.808. The molecule has 0 spiro atoms. The molecule has 5 heteroatoms. The number of pyridine rings is 1. The minimum absolute atomic E-state index is 0.0552. The first kappa shape index (κ1) is 17.7. The van der Waals surface area contributed by atoms with Crippen LogP contribution < -0.4 is 4.74 Å². The molecule has 0 atom stereocenters. The third kappa shape index (κ3) is 4.51. The van der Waals surface area contributed by atoms with Crippen LogP contribution in [0.3, 0.4) is 0 Å². The normalized spacial score (nSPS) is 15.2. The maximum absolute atomic E-state index is 12.6. The van der Waals surface area contributed by atoms with Crippen LogP contribution in [-0.4, -0.2) is 28.9 Å². The summed E-state index contributed by atoms with van der Waals surface area (Å²) in [6, 6.07) is 7.48. The Labute approximate surface area is 153 Å². The highest BCUT2D eigenvalue weighted by molar-refractivity contribution is 6.31. The highest BCUT2D eigenvalue weighted by Crippen LogP contribution is 2.23. The topological polar surface area (TPSA) is 42.4 Å². The van der Waals surface area contributed by atoms with E-state index in [4.69, 9.17) is 16.3 Å². The van der Waals surface area contributed by atoms with E-state index in [1.807, 2.05) is 30.0 Å². The van der Waals surface area contributed by atoms with Gasteiger partial charge in [0.1, 0.15) is 12.4 Å². The fourth-order valence-corrected chi connectivity index (χ4v) is 3.08. The number of halogens is 1. The molecule has 0 N–H and O–H groups in total. The van der Waals surface area contributed by atoms with Gasteiger partial charge in [-0.05, 0) is 49.4 Å². The van der Waals surface area contributed by atoms with Crippen LogP contribution in [0.2, 0.25) is 5.02 Å². The van der Waals surface area contributed by atoms with E-state index in [1.165, 1.54) is 0 Å². The molecule has 25 heavy (non-hydrogen) atoms. The van der Waals surface area contributed by atoms with E-state index in [0.29, 0.717) is 28.9 Å². The number of aromatic nitrogens is 1. The molecule has 2 heterocycles. The van der Waals surface area contributed by atoms with Crippen LogP contribution in [-0.2, 0) is 6.61 Å². The number of rotatable bonds is 4. The second kappa shape index (κ2) is 7.87. The molecule has 0 radical (unpaired) electrons. The van der Waals surface area contributed by atoms with Crippen molar-refractivity contribution < 1.29 is 9.53 Å². The fourth-order valence-electron chi connectivity index (χ4n) is 2.91. The minimum Gasteiger partial charge on any atom is -0.489 e. The monoisotopic (exact) mass is 358 g/mol. The van der Waals surface area contributed by atoms with Gasteiger partial charge in [-0.2, -0.15) is 0 Å². The molecule has 0 unspecified atom stereocenters. The van der Waals surface area contributed by atoms with Gasteiger partial charge in [0.25, 0.3) is 5.91 Å². The highest BCUT2D eigenvalue weighted by atomic mass is 35.5. The maximum Gasteiger partial charge on any atom is 0.255 e. The van der Waals surface area contributed by atoms with Crippen molar-refractivity contribution in [2.24, 2.45) is 5.92 Å². The van der Waals surface area contributed by atoms with Gasteiger partial charge in [-0.25, -0.2) is 0 Å². The van der Waals surface area contributed by atoms with Crippen molar-refractivity contribution in [3.63, 3.8) is 0 Å². The minimum atomic E-state index is 0.0552. The van der Waals surface area contributed by atoms with Crippen molar-refractivity contribution in [3.8, 4) is 5.75 Å². The zero-order chi connectivity index (χ0) is 17.8. The summed E-state index contributed by atoms with van der Waals surface area (Å²) in [5, 5.41) is 0.680. The van der Waals surface area contributed by atoms with Crippen molar-refractivity contribution in [1.82, 2.24) is 9.88 Å². The van der Waals surface area contributed by atoms with Crippen LogP contribution >= 0.6 is 11.6 Å². The summed E-state index contributed by atoms with van der Waals surface area (Å²) >= 11 is 6.12. The number of carbonyl (C=O) groups is 1. The first-order valence-corrected chi connectivity index (χ1v) is 9.03. The first-order chi connectivity index (χ1) is 12.0. The number of aryl methyl sites for hydroxylation is 1. The van der Waals surface area contributed by atoms with Gasteiger partial charge in [0.2, 0.25) is 0 Å². The van der Waals surface area contributed by atoms with Crippen LogP contribution in [0, 0.1) is 12.8 Å². The van der Waals surface area contributed by atoms with Crippen molar-refractivity contribution in [2.75, 3.05) is 13.1 Å². The van der Waals surface area contributed by atoms with Crippen LogP contribution in [0.1, 0.15) is 41.3 Å². The molecular weight excluding hydrogens is 336 g/mol. The Bertz CT molecular complexity index is 755. The number of hydrogen-bond acceptors (Lipinski definition) is 3. The Kier molecular flexibility index (Phi) is 5.59. The largest absolute Gasteiger partial charge is 0.489 e. The Morgan fingerprint density at radius 1 is 1.28 bits per heavy atom. The number of hydrogen-bond donors (Lipinski definition) is 0. The number of piperidine rings is 1. The summed E-state index contributed by atoms with van der Waals surface area (Å²) in [5.41, 5.74) is 2.50. The zero-order valence-corrected chi connectivity index (χ0v) is 15.4. The molecule has 1 aliphatic rings. The molecule has 1 fully saturated rings. The fraction of sp³-hybridized carbons (Fsp3) is 0.400. The Morgan fingerprint density at radius 2 is 2.04 bits per heavy atom. The third-order valence-electron chi connectivity index (χ3n) is 4.66. The van der Waals surface area contributed by atoms with E-state index in [1.54, 1.807) is 18.5 Å². The summed E-state index contributed by atoms with van der Waals surface area (Å²) in [7, 11) is 0. The van der Waals surface area contributed by atoms with E-state index in [9.17, 15) is 4.79 Å². The summed E-state index contributed by atoms with van der Waals surface area (Å²) < 4.78 is 5.77. The third-order valence-corrected chi connectivity index (χ3v) is 5.07. The van der Waals surface area contributed by atoms with E-state index in [0.717, 1.165) is 37.1 Å². The molecule has 1 amide bonds. The van der Waals surface area contributed by atoms with Crippen LogP contribution in [0.5, 0.6) is 5.75 Å². The van der Waals surface area contributed by atoms with E-state index < -0.39 is 0 Å². The van der Waals surface area contributed by atoms with E-state index >= 15 is 0 Å². The summed E-state index contributed by atoms with van der Waals surface area (Å²) in [6.07, 6.45) is 5.49. The second-order valence-corrected chi connectivity index (χ2v) is 7.16. The molecule has 2 aromatic rings. The molecule has 0 bridgehead atoms. The second-order valence-electron chi connectivity index (χ2n) is 6.76. The van der Waals surface area contributed by atoms with Crippen LogP contribution in [0.15, 0.2) is 36.7 Å². The lowest BCUT2D eigenvalue weighted by Crippen LogP contribution is -2.38. The number of ether oxygens (including phenoxy) is 1. The molecule has 1 aromatic heterocycles. The molecule has 4 nitrogen and oxygen atoms in total. The molecule has 3 rings (SSSR count). The molecule has 0 aliphatic carbocycles. The van der Waals surface area contributed by atoms with Gasteiger partial charge in [0.05, 0.1) is 5.56 Å². The number of amides is 1. The number of benzene rings is 1. The van der Waals surface area contributed by atoms with Gasteiger partial charge in [-0.3, -0.25) is 9.78 Å². The Hall–Kier alpha value is -2.07. The lowest BCUT2D eigenvalue weighted by molar-refractivity contribution is 0.0696. The van der Waals surface area contributed by atoms with Crippen LogP contribution in [0.25, 0.3) is 0 Å². The standard InChI is InChI=1S/C20H23ClN2O2/c1-14-5-7-23(8-6-14)20(24)17-9-16(11-22-12-17)13-25-18-4-3-15(2)19(21)10-18/h3-4,9-12,14H,5-8,13H2,1-2H3. The van der Waals surface area contributed by atoms with Gasteiger partial charge in [0, 0.05) is 36.1 Å². The van der Waals surface area contributed by atoms with E-state index in [2.05, 4.69) is 11.9 Å².